The molecule has 1 atom stereocenters. The highest BCUT2D eigenvalue weighted by Crippen LogP contribution is 2.21. The topological polar surface area (TPSA) is 58.2 Å². The van der Waals surface area contributed by atoms with Crippen LogP contribution in [0.3, 0.4) is 0 Å². The van der Waals surface area contributed by atoms with Gasteiger partial charge in [0.25, 0.3) is 0 Å². The normalized spacial score (nSPS) is 14.0. The Kier molecular flexibility index (Phi) is 6.23. The van der Waals surface area contributed by atoms with Crippen LogP contribution >= 0.6 is 0 Å². The van der Waals surface area contributed by atoms with Crippen LogP contribution in [-0.4, -0.2) is 20.7 Å². The Morgan fingerprint density at radius 1 is 1.24 bits per heavy atom. The van der Waals surface area contributed by atoms with Crippen LogP contribution < -0.4 is 10.0 Å². The Hall–Kier alpha value is -1.07. The number of rotatable bonds is 7. The van der Waals surface area contributed by atoms with Crippen LogP contribution in [0.25, 0.3) is 0 Å². The van der Waals surface area contributed by atoms with Gasteiger partial charge in [-0.15, -0.1) is 0 Å². The van der Waals surface area contributed by atoms with Crippen molar-refractivity contribution in [2.45, 2.75) is 47.1 Å². The molecule has 4 nitrogen and oxygen atoms in total. The molecule has 2 N–H and O–H groups in total. The van der Waals surface area contributed by atoms with Crippen molar-refractivity contribution >= 4 is 15.7 Å². The molecule has 0 bridgehead atoms. The fourth-order valence-electron chi connectivity index (χ4n) is 1.97. The molecule has 21 heavy (non-hydrogen) atoms. The Morgan fingerprint density at radius 3 is 2.48 bits per heavy atom. The lowest BCUT2D eigenvalue weighted by atomic mass is 9.94. The first kappa shape index (κ1) is 18.0. The molecule has 0 radical (unpaired) electrons. The van der Waals surface area contributed by atoms with Crippen molar-refractivity contribution in [3.05, 3.63) is 29.8 Å². The van der Waals surface area contributed by atoms with Gasteiger partial charge in [-0.1, -0.05) is 39.8 Å². The van der Waals surface area contributed by atoms with Crippen LogP contribution in [0.5, 0.6) is 0 Å². The minimum atomic E-state index is -3.29. The van der Waals surface area contributed by atoms with E-state index in [4.69, 9.17) is 0 Å². The molecule has 120 valence electrons. The molecular formula is C16H28N2O2S. The summed E-state index contributed by atoms with van der Waals surface area (Å²) in [7, 11) is -3.29. The maximum absolute atomic E-state index is 12.1. The number of hydrogen-bond donors (Lipinski definition) is 2. The second kappa shape index (κ2) is 7.27. The molecule has 0 saturated heterocycles. The Bertz CT molecular complexity index is 548. The van der Waals surface area contributed by atoms with Gasteiger partial charge in [0, 0.05) is 11.7 Å². The van der Waals surface area contributed by atoms with E-state index in [2.05, 4.69) is 23.9 Å². The average molecular weight is 312 g/mol. The van der Waals surface area contributed by atoms with Gasteiger partial charge in [0.1, 0.15) is 0 Å². The third-order valence-electron chi connectivity index (χ3n) is 3.29. The highest BCUT2D eigenvalue weighted by molar-refractivity contribution is 7.92. The highest BCUT2D eigenvalue weighted by atomic mass is 32.2. The zero-order valence-corrected chi connectivity index (χ0v) is 14.5. The summed E-state index contributed by atoms with van der Waals surface area (Å²) in [5, 5.41) is 3.32. The zero-order chi connectivity index (χ0) is 16.1. The van der Waals surface area contributed by atoms with E-state index in [9.17, 15) is 8.42 Å². The quantitative estimate of drug-likeness (QED) is 0.809. The zero-order valence-electron chi connectivity index (χ0n) is 13.7. The summed E-state index contributed by atoms with van der Waals surface area (Å²) >= 11 is 0. The largest absolute Gasteiger partial charge is 0.310 e. The molecule has 0 aromatic heterocycles. The second-order valence-corrected chi connectivity index (χ2v) is 8.48. The Balaban J connectivity index is 2.76. The number of sulfonamides is 1. The van der Waals surface area contributed by atoms with Gasteiger partial charge in [-0.3, -0.25) is 4.72 Å². The van der Waals surface area contributed by atoms with Gasteiger partial charge in [0.15, 0.2) is 0 Å². The van der Waals surface area contributed by atoms with Crippen LogP contribution in [0.1, 0.15) is 52.6 Å². The lowest BCUT2D eigenvalue weighted by Gasteiger charge is -2.18. The van der Waals surface area contributed by atoms with Gasteiger partial charge in [-0.2, -0.15) is 0 Å². The summed E-state index contributed by atoms with van der Waals surface area (Å²) in [5.41, 5.74) is 1.72. The lowest BCUT2D eigenvalue weighted by Crippen LogP contribution is -2.21. The van der Waals surface area contributed by atoms with Crippen LogP contribution in [0, 0.1) is 5.41 Å². The van der Waals surface area contributed by atoms with E-state index < -0.39 is 10.0 Å². The Morgan fingerprint density at radius 2 is 1.90 bits per heavy atom. The molecule has 0 spiro atoms. The Labute approximate surface area is 129 Å². The van der Waals surface area contributed by atoms with Crippen LogP contribution in [0.4, 0.5) is 5.69 Å². The third kappa shape index (κ3) is 6.96. The minimum Gasteiger partial charge on any atom is -0.310 e. The van der Waals surface area contributed by atoms with Crippen LogP contribution in [-0.2, 0) is 10.0 Å². The van der Waals surface area contributed by atoms with Crippen molar-refractivity contribution in [1.82, 2.24) is 5.32 Å². The maximum atomic E-state index is 12.1. The van der Waals surface area contributed by atoms with Gasteiger partial charge < -0.3 is 5.32 Å². The first-order valence-corrected chi connectivity index (χ1v) is 9.12. The number of nitrogens with one attached hydrogen (secondary N) is 2. The molecule has 1 unspecified atom stereocenters. The predicted octanol–water partition coefficient (Wildman–Crippen LogP) is 3.54. The van der Waals surface area contributed by atoms with Crippen LogP contribution in [0.15, 0.2) is 24.3 Å². The minimum absolute atomic E-state index is 0.0101. The molecule has 0 aliphatic rings. The van der Waals surface area contributed by atoms with Gasteiger partial charge >= 0.3 is 0 Å². The van der Waals surface area contributed by atoms with E-state index >= 15 is 0 Å². The van der Waals surface area contributed by atoms with E-state index in [1.807, 2.05) is 39.0 Å². The van der Waals surface area contributed by atoms with Gasteiger partial charge in [0.05, 0.1) is 5.75 Å². The van der Waals surface area contributed by atoms with Gasteiger partial charge in [0.2, 0.25) is 10.0 Å². The standard InChI is InChI=1S/C16H28N2O2S/c1-6-17-13(2)14-8-7-9-15(12-14)18-21(19,20)11-10-16(3,4)5/h7-9,12-13,17-18H,6,10-11H2,1-5H3. The summed E-state index contributed by atoms with van der Waals surface area (Å²) in [5.74, 6) is 0.142. The first-order chi connectivity index (χ1) is 9.63. The molecule has 1 aromatic carbocycles. The van der Waals surface area contributed by atoms with Crippen molar-refractivity contribution in [3.63, 3.8) is 0 Å². The number of anilines is 1. The van der Waals surface area contributed by atoms with Crippen molar-refractivity contribution in [2.75, 3.05) is 17.0 Å². The smallest absolute Gasteiger partial charge is 0.232 e. The molecule has 1 rings (SSSR count). The molecular weight excluding hydrogens is 284 g/mol. The summed E-state index contributed by atoms with van der Waals surface area (Å²) in [6.07, 6.45) is 0.635. The summed E-state index contributed by atoms with van der Waals surface area (Å²) in [6, 6.07) is 7.76. The SMILES string of the molecule is CCNC(C)c1cccc(NS(=O)(=O)CCC(C)(C)C)c1. The third-order valence-corrected chi connectivity index (χ3v) is 4.58. The first-order valence-electron chi connectivity index (χ1n) is 7.47. The molecule has 0 aliphatic carbocycles. The van der Waals surface area contributed by atoms with E-state index in [1.165, 1.54) is 0 Å². The molecule has 0 heterocycles. The number of benzene rings is 1. The molecule has 1 aromatic rings. The van der Waals surface area contributed by atoms with Crippen LogP contribution in [0.2, 0.25) is 0 Å². The predicted molar refractivity (Wildman–Crippen MR) is 90.0 cm³/mol. The molecule has 0 aliphatic heterocycles. The fraction of sp³-hybridized carbons (Fsp3) is 0.625. The van der Waals surface area contributed by atoms with Gasteiger partial charge in [-0.05, 0) is 43.0 Å². The molecule has 5 heteroatoms. The monoisotopic (exact) mass is 312 g/mol. The van der Waals surface area contributed by atoms with E-state index in [-0.39, 0.29) is 17.2 Å². The van der Waals surface area contributed by atoms with E-state index in [0.717, 1.165) is 12.1 Å². The van der Waals surface area contributed by atoms with Crippen molar-refractivity contribution < 1.29 is 8.42 Å². The summed E-state index contributed by atoms with van der Waals surface area (Å²) < 4.78 is 26.9. The average Bonchev–Trinajstić information content (AvgIpc) is 2.36. The van der Waals surface area contributed by atoms with Crippen molar-refractivity contribution in [3.8, 4) is 0 Å². The fourth-order valence-corrected chi connectivity index (χ4v) is 3.44. The maximum Gasteiger partial charge on any atom is 0.232 e. The van der Waals surface area contributed by atoms with Gasteiger partial charge in [-0.25, -0.2) is 8.42 Å². The second-order valence-electron chi connectivity index (χ2n) is 6.64. The highest BCUT2D eigenvalue weighted by Gasteiger charge is 2.17. The summed E-state index contributed by atoms with van der Waals surface area (Å²) in [4.78, 5) is 0. The molecule has 0 amide bonds. The molecule has 0 saturated carbocycles. The molecule has 0 fully saturated rings. The van der Waals surface area contributed by atoms with Crippen molar-refractivity contribution in [2.24, 2.45) is 5.41 Å². The number of hydrogen-bond acceptors (Lipinski definition) is 3. The van der Waals surface area contributed by atoms with Crippen molar-refractivity contribution in [1.29, 1.82) is 0 Å². The summed E-state index contributed by atoms with van der Waals surface area (Å²) in [6.45, 7) is 11.1. The van der Waals surface area contributed by atoms with E-state index in [1.54, 1.807) is 6.07 Å². The van der Waals surface area contributed by atoms with E-state index in [0.29, 0.717) is 12.1 Å². The lowest BCUT2D eigenvalue weighted by molar-refractivity contribution is 0.397.